The van der Waals surface area contributed by atoms with Gasteiger partial charge in [0, 0.05) is 18.2 Å². The Morgan fingerprint density at radius 2 is 1.64 bits per heavy atom. The summed E-state index contributed by atoms with van der Waals surface area (Å²) >= 11 is 0. The van der Waals surface area contributed by atoms with Crippen molar-refractivity contribution in [3.63, 3.8) is 0 Å². The van der Waals surface area contributed by atoms with Gasteiger partial charge in [-0.25, -0.2) is 8.42 Å². The van der Waals surface area contributed by atoms with Crippen molar-refractivity contribution in [2.45, 2.75) is 6.54 Å². The molecule has 0 bridgehead atoms. The topological polar surface area (TPSA) is 93.7 Å². The van der Waals surface area contributed by atoms with E-state index in [0.717, 1.165) is 6.26 Å². The minimum absolute atomic E-state index is 0.164. The zero-order chi connectivity index (χ0) is 18.4. The molecule has 2 rings (SSSR count). The lowest BCUT2D eigenvalue weighted by Gasteiger charge is -2.12. The molecule has 2 N–H and O–H groups in total. The van der Waals surface area contributed by atoms with E-state index in [-0.39, 0.29) is 12.5 Å². The molecule has 0 aliphatic carbocycles. The molecule has 0 atom stereocenters. The number of benzene rings is 2. The summed E-state index contributed by atoms with van der Waals surface area (Å²) in [5.74, 6) is 0.679. The van der Waals surface area contributed by atoms with Crippen LogP contribution in [0.4, 0.5) is 5.69 Å². The highest BCUT2D eigenvalue weighted by atomic mass is 32.2. The summed E-state index contributed by atoms with van der Waals surface area (Å²) in [5.41, 5.74) is 1.45. The van der Waals surface area contributed by atoms with Crippen molar-refractivity contribution in [1.29, 1.82) is 0 Å². The van der Waals surface area contributed by atoms with Crippen LogP contribution in [0.5, 0.6) is 11.5 Å². The summed E-state index contributed by atoms with van der Waals surface area (Å²) in [6.45, 7) is 0.164. The molecule has 25 heavy (non-hydrogen) atoms. The van der Waals surface area contributed by atoms with Crippen LogP contribution in [0.15, 0.2) is 42.5 Å². The van der Waals surface area contributed by atoms with Crippen LogP contribution in [0.25, 0.3) is 0 Å². The summed E-state index contributed by atoms with van der Waals surface area (Å²) in [6.07, 6.45) is 1.07. The van der Waals surface area contributed by atoms with E-state index in [2.05, 4.69) is 10.0 Å². The fourth-order valence-electron chi connectivity index (χ4n) is 2.19. The molecule has 0 saturated heterocycles. The van der Waals surface area contributed by atoms with E-state index in [1.165, 1.54) is 14.2 Å². The van der Waals surface area contributed by atoms with Crippen molar-refractivity contribution >= 4 is 21.6 Å². The van der Waals surface area contributed by atoms with E-state index in [1.807, 2.05) is 0 Å². The van der Waals surface area contributed by atoms with Crippen LogP contribution < -0.4 is 19.5 Å². The molecule has 0 aliphatic rings. The van der Waals surface area contributed by atoms with E-state index in [9.17, 15) is 13.2 Å². The standard InChI is InChI=1S/C17H20N2O5S/c1-23-14-8-13(9-15(10-14)24-2)17(20)18-11-12-6-4-5-7-16(12)19-25(3,21)22/h4-10,19H,11H2,1-3H3,(H,18,20). The van der Waals surface area contributed by atoms with Crippen molar-refractivity contribution in [3.8, 4) is 11.5 Å². The van der Waals surface area contributed by atoms with Crippen LogP contribution >= 0.6 is 0 Å². The first-order chi connectivity index (χ1) is 11.8. The van der Waals surface area contributed by atoms with Gasteiger partial charge in [0.1, 0.15) is 11.5 Å². The number of para-hydroxylation sites is 1. The summed E-state index contributed by atoms with van der Waals surface area (Å²) in [7, 11) is -0.397. The third kappa shape index (κ3) is 5.39. The van der Waals surface area contributed by atoms with Gasteiger partial charge in [0.15, 0.2) is 0 Å². The third-order valence-corrected chi connectivity index (χ3v) is 3.96. The van der Waals surface area contributed by atoms with Crippen molar-refractivity contribution in [2.24, 2.45) is 0 Å². The third-order valence-electron chi connectivity index (χ3n) is 3.37. The largest absolute Gasteiger partial charge is 0.497 e. The molecule has 0 aromatic heterocycles. The normalized spacial score (nSPS) is 10.8. The number of anilines is 1. The van der Waals surface area contributed by atoms with Gasteiger partial charge in [0.05, 0.1) is 26.2 Å². The minimum Gasteiger partial charge on any atom is -0.497 e. The molecule has 8 heteroatoms. The maximum atomic E-state index is 12.4. The van der Waals surface area contributed by atoms with Crippen LogP contribution in [-0.2, 0) is 16.6 Å². The Hall–Kier alpha value is -2.74. The Balaban J connectivity index is 2.16. The summed E-state index contributed by atoms with van der Waals surface area (Å²) in [6, 6.07) is 11.7. The second-order valence-electron chi connectivity index (χ2n) is 5.32. The van der Waals surface area contributed by atoms with E-state index in [4.69, 9.17) is 9.47 Å². The average Bonchev–Trinajstić information content (AvgIpc) is 2.58. The number of sulfonamides is 1. The van der Waals surface area contributed by atoms with Gasteiger partial charge in [-0.15, -0.1) is 0 Å². The van der Waals surface area contributed by atoms with Gasteiger partial charge >= 0.3 is 0 Å². The number of carbonyl (C=O) groups excluding carboxylic acids is 1. The fourth-order valence-corrected chi connectivity index (χ4v) is 2.79. The monoisotopic (exact) mass is 364 g/mol. The Morgan fingerprint density at radius 1 is 1.04 bits per heavy atom. The molecular formula is C17H20N2O5S. The smallest absolute Gasteiger partial charge is 0.251 e. The predicted octanol–water partition coefficient (Wildman–Crippen LogP) is 2.01. The maximum Gasteiger partial charge on any atom is 0.251 e. The molecule has 0 saturated carbocycles. The maximum absolute atomic E-state index is 12.4. The number of ether oxygens (including phenoxy) is 2. The molecule has 0 aliphatic heterocycles. The number of nitrogens with one attached hydrogen (secondary N) is 2. The lowest BCUT2D eigenvalue weighted by atomic mass is 10.1. The number of hydrogen-bond donors (Lipinski definition) is 2. The SMILES string of the molecule is COc1cc(OC)cc(C(=O)NCc2ccccc2NS(C)(=O)=O)c1. The van der Waals surface area contributed by atoms with Crippen molar-refractivity contribution in [1.82, 2.24) is 5.32 Å². The van der Waals surface area contributed by atoms with Gasteiger partial charge < -0.3 is 14.8 Å². The molecule has 0 fully saturated rings. The number of rotatable bonds is 7. The molecule has 1 amide bonds. The fraction of sp³-hybridized carbons (Fsp3) is 0.235. The van der Waals surface area contributed by atoms with E-state index in [1.54, 1.807) is 42.5 Å². The van der Waals surface area contributed by atoms with Crippen LogP contribution in [0, 0.1) is 0 Å². The number of amides is 1. The second-order valence-corrected chi connectivity index (χ2v) is 7.06. The van der Waals surface area contributed by atoms with Crippen LogP contribution in [0.2, 0.25) is 0 Å². The van der Waals surface area contributed by atoms with Crippen molar-refractivity contribution < 1.29 is 22.7 Å². The van der Waals surface area contributed by atoms with Crippen LogP contribution in [-0.4, -0.2) is 34.8 Å². The number of hydrogen-bond acceptors (Lipinski definition) is 5. The molecule has 0 unspecified atom stereocenters. The van der Waals surface area contributed by atoms with Crippen molar-refractivity contribution in [3.05, 3.63) is 53.6 Å². The van der Waals surface area contributed by atoms with Gasteiger partial charge in [-0.1, -0.05) is 18.2 Å². The molecule has 2 aromatic carbocycles. The highest BCUT2D eigenvalue weighted by Gasteiger charge is 2.12. The Morgan fingerprint density at radius 3 is 2.20 bits per heavy atom. The lowest BCUT2D eigenvalue weighted by molar-refractivity contribution is 0.0950. The van der Waals surface area contributed by atoms with Crippen LogP contribution in [0.1, 0.15) is 15.9 Å². The second kappa shape index (κ2) is 7.89. The average molecular weight is 364 g/mol. The molecule has 0 radical (unpaired) electrons. The highest BCUT2D eigenvalue weighted by molar-refractivity contribution is 7.92. The number of methoxy groups -OCH3 is 2. The molecule has 7 nitrogen and oxygen atoms in total. The first-order valence-corrected chi connectivity index (χ1v) is 9.28. The highest BCUT2D eigenvalue weighted by Crippen LogP contribution is 2.23. The molecule has 0 spiro atoms. The van der Waals surface area contributed by atoms with Gasteiger partial charge in [-0.05, 0) is 23.8 Å². The quantitative estimate of drug-likeness (QED) is 0.784. The molecule has 2 aromatic rings. The Labute approximate surface area is 147 Å². The molecule has 134 valence electrons. The molecular weight excluding hydrogens is 344 g/mol. The van der Waals surface area contributed by atoms with Crippen molar-refractivity contribution in [2.75, 3.05) is 25.2 Å². The predicted molar refractivity (Wildman–Crippen MR) is 95.6 cm³/mol. The first kappa shape index (κ1) is 18.6. The number of carbonyl (C=O) groups is 1. The lowest BCUT2D eigenvalue weighted by Crippen LogP contribution is -2.24. The van der Waals surface area contributed by atoms with E-state index in [0.29, 0.717) is 28.3 Å². The summed E-state index contributed by atoms with van der Waals surface area (Å²) < 4.78 is 35.6. The van der Waals surface area contributed by atoms with Gasteiger partial charge in [0.25, 0.3) is 5.91 Å². The molecule has 0 heterocycles. The van der Waals surface area contributed by atoms with Crippen LogP contribution in [0.3, 0.4) is 0 Å². The minimum atomic E-state index is -3.40. The van der Waals surface area contributed by atoms with Gasteiger partial charge in [-0.3, -0.25) is 9.52 Å². The first-order valence-electron chi connectivity index (χ1n) is 7.39. The zero-order valence-electron chi connectivity index (χ0n) is 14.2. The zero-order valence-corrected chi connectivity index (χ0v) is 15.0. The van der Waals surface area contributed by atoms with E-state index < -0.39 is 10.0 Å². The Kier molecular flexibility index (Phi) is 5.87. The Bertz CT molecular complexity index is 843. The van der Waals surface area contributed by atoms with Gasteiger partial charge in [0.2, 0.25) is 10.0 Å². The summed E-state index contributed by atoms with van der Waals surface area (Å²) in [5, 5.41) is 2.76. The van der Waals surface area contributed by atoms with E-state index >= 15 is 0 Å². The summed E-state index contributed by atoms with van der Waals surface area (Å²) in [4.78, 5) is 12.4. The van der Waals surface area contributed by atoms with Gasteiger partial charge in [-0.2, -0.15) is 0 Å².